The van der Waals surface area contributed by atoms with Crippen LogP contribution in [0, 0.1) is 5.82 Å². The lowest BCUT2D eigenvalue weighted by Gasteiger charge is -2.28. The van der Waals surface area contributed by atoms with E-state index in [4.69, 9.17) is 18.4 Å². The standard InChI is InChI=1S/C24H31FN2O7S/c1-4-32-18-10-8-17(9-11-18)19-15-21(28)27(16-20(19)25)13-12-24(2,35(3,30)31)23(29)26-34-22-7-5-6-14-33-22/h8-11,15-16,22H,4-7,12-14H2,1-3H3,(H,26,29)/t22?,24-/m1/s1/i1D,4D2. The zero-order chi connectivity index (χ0) is 28.1. The second-order valence-electron chi connectivity index (χ2n) is 8.44. The van der Waals surface area contributed by atoms with Gasteiger partial charge < -0.3 is 14.0 Å². The van der Waals surface area contributed by atoms with E-state index < -0.39 is 51.6 Å². The molecule has 1 N–H and O–H groups in total. The molecule has 1 aliphatic heterocycles. The number of hydroxylamine groups is 1. The molecule has 1 amide bonds. The van der Waals surface area contributed by atoms with Crippen LogP contribution in [0.2, 0.25) is 0 Å². The van der Waals surface area contributed by atoms with Crippen LogP contribution in [0.4, 0.5) is 4.39 Å². The first kappa shape index (κ1) is 22.7. The summed E-state index contributed by atoms with van der Waals surface area (Å²) in [6.45, 7) is -1.37. The van der Waals surface area contributed by atoms with Gasteiger partial charge in [0, 0.05) is 45.0 Å². The lowest BCUT2D eigenvalue weighted by atomic mass is 10.1. The van der Waals surface area contributed by atoms with Crippen LogP contribution in [0.3, 0.4) is 0 Å². The van der Waals surface area contributed by atoms with Crippen molar-refractivity contribution in [3.8, 4) is 16.9 Å². The van der Waals surface area contributed by atoms with Gasteiger partial charge in [-0.3, -0.25) is 9.59 Å². The van der Waals surface area contributed by atoms with E-state index >= 15 is 0 Å². The first-order valence-corrected chi connectivity index (χ1v) is 12.9. The predicted octanol–water partition coefficient (Wildman–Crippen LogP) is 2.82. The molecule has 11 heteroatoms. The van der Waals surface area contributed by atoms with E-state index in [0.717, 1.165) is 35.9 Å². The summed E-state index contributed by atoms with van der Waals surface area (Å²) < 4.78 is 71.7. The van der Waals surface area contributed by atoms with Gasteiger partial charge in [0.1, 0.15) is 11.6 Å². The van der Waals surface area contributed by atoms with E-state index in [0.29, 0.717) is 18.6 Å². The molecule has 192 valence electrons. The van der Waals surface area contributed by atoms with Crippen LogP contribution >= 0.6 is 0 Å². The Balaban J connectivity index is 1.74. The molecule has 1 aromatic carbocycles. The van der Waals surface area contributed by atoms with Crippen molar-refractivity contribution in [3.05, 3.63) is 52.7 Å². The van der Waals surface area contributed by atoms with E-state index in [1.54, 1.807) is 0 Å². The molecular weight excluding hydrogens is 479 g/mol. The number of nitrogens with zero attached hydrogens (tertiary/aromatic N) is 1. The summed E-state index contributed by atoms with van der Waals surface area (Å²) in [7, 11) is -3.97. The maximum atomic E-state index is 15.0. The number of sulfone groups is 1. The Morgan fingerprint density at radius 1 is 1.37 bits per heavy atom. The highest BCUT2D eigenvalue weighted by molar-refractivity contribution is 7.92. The van der Waals surface area contributed by atoms with Crippen LogP contribution in [0.25, 0.3) is 11.1 Å². The maximum Gasteiger partial charge on any atom is 0.264 e. The molecule has 0 radical (unpaired) electrons. The van der Waals surface area contributed by atoms with E-state index in [2.05, 4.69) is 5.48 Å². The first-order chi connectivity index (χ1) is 17.8. The summed E-state index contributed by atoms with van der Waals surface area (Å²) in [5, 5.41) is 0. The third-order valence-electron chi connectivity index (χ3n) is 5.98. The number of carbonyl (C=O) groups excluding carboxylic acids is 1. The maximum absolute atomic E-state index is 15.0. The number of hydrogen-bond donors (Lipinski definition) is 1. The Morgan fingerprint density at radius 2 is 2.11 bits per heavy atom. The van der Waals surface area contributed by atoms with Crippen LogP contribution in [0.1, 0.15) is 43.6 Å². The molecule has 2 aromatic rings. The van der Waals surface area contributed by atoms with Crippen LogP contribution in [0.5, 0.6) is 5.75 Å². The fourth-order valence-electron chi connectivity index (χ4n) is 3.56. The van der Waals surface area contributed by atoms with Crippen molar-refractivity contribution in [1.82, 2.24) is 10.0 Å². The molecule has 35 heavy (non-hydrogen) atoms. The number of hydrogen-bond acceptors (Lipinski definition) is 7. The van der Waals surface area contributed by atoms with Gasteiger partial charge in [0.2, 0.25) is 0 Å². The molecule has 1 unspecified atom stereocenters. The van der Waals surface area contributed by atoms with Gasteiger partial charge >= 0.3 is 0 Å². The SMILES string of the molecule is [2H]CC([2H])([2H])Oc1ccc(-c2cc(=O)n(CC[C@](C)(C(=O)NOC3CCCCO3)S(C)(=O)=O)cc2F)cc1. The third kappa shape index (κ3) is 6.47. The van der Waals surface area contributed by atoms with Gasteiger partial charge in [-0.15, -0.1) is 0 Å². The molecule has 1 aliphatic rings. The number of aromatic nitrogens is 1. The number of nitrogens with one attached hydrogen (secondary N) is 1. The molecule has 0 bridgehead atoms. The Bertz CT molecular complexity index is 1300. The summed E-state index contributed by atoms with van der Waals surface area (Å²) in [5.74, 6) is -1.54. The van der Waals surface area contributed by atoms with Crippen molar-refractivity contribution >= 4 is 15.7 Å². The van der Waals surface area contributed by atoms with Gasteiger partial charge in [-0.1, -0.05) is 12.1 Å². The smallest absolute Gasteiger partial charge is 0.264 e. The summed E-state index contributed by atoms with van der Waals surface area (Å²) in [4.78, 5) is 30.8. The average Bonchev–Trinajstić information content (AvgIpc) is 2.87. The lowest BCUT2D eigenvalue weighted by molar-refractivity contribution is -0.201. The minimum Gasteiger partial charge on any atom is -0.494 e. The van der Waals surface area contributed by atoms with Crippen molar-refractivity contribution in [3.63, 3.8) is 0 Å². The number of aryl methyl sites for hydroxylation is 1. The summed E-state index contributed by atoms with van der Waals surface area (Å²) in [6, 6.07) is 6.72. The van der Waals surface area contributed by atoms with Crippen molar-refractivity contribution in [2.75, 3.05) is 19.4 Å². The van der Waals surface area contributed by atoms with Gasteiger partial charge in [-0.2, -0.15) is 0 Å². The first-order valence-electron chi connectivity index (χ1n) is 12.7. The number of carbonyl (C=O) groups is 1. The number of pyridine rings is 1. The number of benzene rings is 1. The summed E-state index contributed by atoms with van der Waals surface area (Å²) in [6.07, 6.45) is 3.09. The lowest BCUT2D eigenvalue weighted by Crippen LogP contribution is -2.51. The monoisotopic (exact) mass is 513 g/mol. The Hall–Kier alpha value is -2.76. The predicted molar refractivity (Wildman–Crippen MR) is 128 cm³/mol. The molecule has 3 rings (SSSR count). The fourth-order valence-corrected chi connectivity index (χ4v) is 4.40. The molecule has 1 fully saturated rings. The van der Waals surface area contributed by atoms with E-state index in [9.17, 15) is 22.4 Å². The van der Waals surface area contributed by atoms with Crippen LogP contribution in [-0.4, -0.2) is 49.4 Å². The highest BCUT2D eigenvalue weighted by Gasteiger charge is 2.44. The Morgan fingerprint density at radius 3 is 2.74 bits per heavy atom. The second kappa shape index (κ2) is 11.3. The van der Waals surface area contributed by atoms with E-state index in [1.807, 2.05) is 0 Å². The number of ether oxygens (including phenoxy) is 2. The normalized spacial score (nSPS) is 19.6. The van der Waals surface area contributed by atoms with Crippen molar-refractivity contribution in [2.45, 2.75) is 57.1 Å². The third-order valence-corrected chi connectivity index (χ3v) is 8.01. The van der Waals surface area contributed by atoms with Gasteiger partial charge in [0.25, 0.3) is 11.5 Å². The topological polar surface area (TPSA) is 113 Å². The zero-order valence-electron chi connectivity index (χ0n) is 22.6. The zero-order valence-corrected chi connectivity index (χ0v) is 20.4. The van der Waals surface area contributed by atoms with E-state index in [-0.39, 0.29) is 24.3 Å². The fraction of sp³-hybridized carbons (Fsp3) is 0.500. The molecule has 0 saturated carbocycles. The van der Waals surface area contributed by atoms with Gasteiger partial charge in [0.15, 0.2) is 20.9 Å². The van der Waals surface area contributed by atoms with Gasteiger partial charge in [-0.05, 0) is 50.8 Å². The highest BCUT2D eigenvalue weighted by Crippen LogP contribution is 2.26. The molecule has 0 spiro atoms. The van der Waals surface area contributed by atoms with Gasteiger partial charge in [-0.25, -0.2) is 23.1 Å². The highest BCUT2D eigenvalue weighted by atomic mass is 32.2. The Labute approximate surface area is 208 Å². The molecule has 2 heterocycles. The van der Waals surface area contributed by atoms with Gasteiger partial charge in [0.05, 0.1) is 9.30 Å². The molecule has 9 nitrogen and oxygen atoms in total. The summed E-state index contributed by atoms with van der Waals surface area (Å²) >= 11 is 0. The van der Waals surface area contributed by atoms with Crippen LogP contribution in [0.15, 0.2) is 41.3 Å². The van der Waals surface area contributed by atoms with Crippen molar-refractivity contribution in [2.24, 2.45) is 0 Å². The van der Waals surface area contributed by atoms with Crippen molar-refractivity contribution < 1.29 is 36.0 Å². The number of amides is 1. The number of halogens is 1. The molecule has 0 aliphatic carbocycles. The van der Waals surface area contributed by atoms with Crippen molar-refractivity contribution in [1.29, 1.82) is 0 Å². The van der Waals surface area contributed by atoms with E-state index in [1.165, 1.54) is 31.2 Å². The largest absolute Gasteiger partial charge is 0.494 e. The number of rotatable bonds is 10. The minimum absolute atomic E-state index is 0.0224. The second-order valence-corrected chi connectivity index (χ2v) is 10.9. The molecule has 1 aromatic heterocycles. The molecule has 1 saturated heterocycles. The summed E-state index contributed by atoms with van der Waals surface area (Å²) in [5.41, 5.74) is 1.86. The molecule has 2 atom stereocenters. The quantitative estimate of drug-likeness (QED) is 0.486. The average molecular weight is 514 g/mol. The minimum atomic E-state index is -3.97. The van der Waals surface area contributed by atoms with Crippen LogP contribution < -0.4 is 15.8 Å². The molecular formula is C24H31FN2O7S. The Kier molecular flexibility index (Phi) is 7.34. The van der Waals surface area contributed by atoms with Crippen LogP contribution in [-0.2, 0) is 30.8 Å².